The number of rotatable bonds is 5. The van der Waals surface area contributed by atoms with Gasteiger partial charge in [0, 0.05) is 21.3 Å². The third kappa shape index (κ3) is 4.27. The van der Waals surface area contributed by atoms with Crippen molar-refractivity contribution in [1.82, 2.24) is 20.2 Å². The molecule has 1 heterocycles. The molecule has 126 valence electrons. The minimum absolute atomic E-state index is 0.0822. The lowest BCUT2D eigenvalue weighted by Gasteiger charge is -2.04. The number of carbonyl (C=O) groups excluding carboxylic acids is 2. The normalized spacial score (nSPS) is 10.4. The van der Waals surface area contributed by atoms with Crippen LogP contribution in [0.4, 0.5) is 5.69 Å². The van der Waals surface area contributed by atoms with Crippen LogP contribution in [0.25, 0.3) is 11.4 Å². The average Bonchev–Trinajstić information content (AvgIpc) is 3.04. The molecule has 3 N–H and O–H groups in total. The molecule has 2 amide bonds. The molecule has 0 atom stereocenters. The fraction of sp³-hybridized carbons (Fsp3) is 0.0625. The summed E-state index contributed by atoms with van der Waals surface area (Å²) in [6, 6.07) is 13.7. The third-order valence-corrected chi connectivity index (χ3v) is 3.82. The maximum Gasteiger partial charge on any atom is 0.248 e. The van der Waals surface area contributed by atoms with Crippen LogP contribution >= 0.6 is 15.9 Å². The lowest BCUT2D eigenvalue weighted by molar-refractivity contribution is -0.117. The van der Waals surface area contributed by atoms with Crippen LogP contribution in [0.1, 0.15) is 10.4 Å². The number of primary amides is 1. The summed E-state index contributed by atoms with van der Waals surface area (Å²) in [4.78, 5) is 24.3. The van der Waals surface area contributed by atoms with Gasteiger partial charge < -0.3 is 11.1 Å². The molecule has 1 aromatic heterocycles. The molecule has 25 heavy (non-hydrogen) atoms. The molecule has 3 aromatic rings. The quantitative estimate of drug-likeness (QED) is 0.677. The van der Waals surface area contributed by atoms with Crippen molar-refractivity contribution in [2.24, 2.45) is 5.73 Å². The number of carbonyl (C=O) groups is 2. The van der Waals surface area contributed by atoms with E-state index in [2.05, 4.69) is 36.7 Å². The van der Waals surface area contributed by atoms with Crippen molar-refractivity contribution in [2.45, 2.75) is 6.54 Å². The predicted molar refractivity (Wildman–Crippen MR) is 94.5 cm³/mol. The largest absolute Gasteiger partial charge is 0.366 e. The number of anilines is 1. The third-order valence-electron chi connectivity index (χ3n) is 3.29. The van der Waals surface area contributed by atoms with E-state index in [1.165, 1.54) is 16.9 Å². The van der Waals surface area contributed by atoms with Crippen LogP contribution in [-0.2, 0) is 11.3 Å². The lowest BCUT2D eigenvalue weighted by Crippen LogP contribution is -2.20. The molecule has 0 unspecified atom stereocenters. The fourth-order valence-corrected chi connectivity index (χ4v) is 2.34. The Morgan fingerprint density at radius 3 is 2.40 bits per heavy atom. The Kier molecular flexibility index (Phi) is 4.85. The molecule has 0 spiro atoms. The Morgan fingerprint density at radius 1 is 1.08 bits per heavy atom. The van der Waals surface area contributed by atoms with Gasteiger partial charge >= 0.3 is 0 Å². The van der Waals surface area contributed by atoms with Crippen LogP contribution in [0, 0.1) is 0 Å². The lowest BCUT2D eigenvalue weighted by atomic mass is 10.2. The Morgan fingerprint density at radius 2 is 1.76 bits per heavy atom. The van der Waals surface area contributed by atoms with E-state index in [0.717, 1.165) is 10.0 Å². The summed E-state index contributed by atoms with van der Waals surface area (Å²) in [5.74, 6) is -0.400. The summed E-state index contributed by atoms with van der Waals surface area (Å²) in [5, 5.41) is 14.7. The SMILES string of the molecule is NC(=O)c1ccc(NC(=O)Cn2nnc(-c3ccc(Br)cc3)n2)cc1. The Bertz CT molecular complexity index is 905. The predicted octanol–water partition coefficient (Wildman–Crippen LogP) is 1.84. The monoisotopic (exact) mass is 400 g/mol. The first-order valence-electron chi connectivity index (χ1n) is 7.25. The van der Waals surface area contributed by atoms with Crippen LogP contribution in [0.2, 0.25) is 0 Å². The molecular weight excluding hydrogens is 388 g/mol. The van der Waals surface area contributed by atoms with Crippen molar-refractivity contribution in [2.75, 3.05) is 5.32 Å². The summed E-state index contributed by atoms with van der Waals surface area (Å²) in [7, 11) is 0. The standard InChI is InChI=1S/C16H13BrN6O2/c17-12-5-1-11(2-6-12)16-20-22-23(21-16)9-14(24)19-13-7-3-10(4-8-13)15(18)25/h1-8H,9H2,(H2,18,25)(H,19,24). The zero-order chi connectivity index (χ0) is 17.8. The minimum Gasteiger partial charge on any atom is -0.366 e. The van der Waals surface area contributed by atoms with E-state index < -0.39 is 5.91 Å². The number of nitrogens with one attached hydrogen (secondary N) is 1. The van der Waals surface area contributed by atoms with Gasteiger partial charge in [0.25, 0.3) is 0 Å². The van der Waals surface area contributed by atoms with Crippen LogP contribution in [0.15, 0.2) is 53.0 Å². The number of tetrazole rings is 1. The number of hydrogen-bond donors (Lipinski definition) is 2. The number of amides is 2. The molecular formula is C16H13BrN6O2. The van der Waals surface area contributed by atoms with Gasteiger partial charge in [-0.15, -0.1) is 10.2 Å². The Labute approximate surface area is 151 Å². The summed E-state index contributed by atoms with van der Waals surface area (Å²) < 4.78 is 0.949. The number of halogens is 1. The molecule has 0 bridgehead atoms. The smallest absolute Gasteiger partial charge is 0.248 e. The molecule has 8 nitrogen and oxygen atoms in total. The second kappa shape index (κ2) is 7.22. The van der Waals surface area contributed by atoms with Gasteiger partial charge in [-0.1, -0.05) is 15.9 Å². The highest BCUT2D eigenvalue weighted by Crippen LogP contribution is 2.17. The van der Waals surface area contributed by atoms with Gasteiger partial charge in [-0.05, 0) is 53.7 Å². The molecule has 0 aliphatic carbocycles. The van der Waals surface area contributed by atoms with E-state index in [9.17, 15) is 9.59 Å². The number of nitrogens with two attached hydrogens (primary N) is 1. The summed E-state index contributed by atoms with van der Waals surface area (Å²) in [6.45, 7) is -0.0822. The van der Waals surface area contributed by atoms with Crippen LogP contribution < -0.4 is 11.1 Å². The van der Waals surface area contributed by atoms with Crippen LogP contribution in [0.3, 0.4) is 0 Å². The highest BCUT2D eigenvalue weighted by atomic mass is 79.9. The molecule has 0 fully saturated rings. The molecule has 2 aromatic carbocycles. The van der Waals surface area contributed by atoms with Crippen molar-refractivity contribution in [3.8, 4) is 11.4 Å². The highest BCUT2D eigenvalue weighted by molar-refractivity contribution is 9.10. The molecule has 0 aliphatic heterocycles. The second-order valence-electron chi connectivity index (χ2n) is 5.14. The first kappa shape index (κ1) is 16.8. The van der Waals surface area contributed by atoms with Crippen molar-refractivity contribution >= 4 is 33.4 Å². The van der Waals surface area contributed by atoms with Crippen molar-refractivity contribution in [1.29, 1.82) is 0 Å². The van der Waals surface area contributed by atoms with Gasteiger partial charge in [0.05, 0.1) is 0 Å². The molecule has 0 radical (unpaired) electrons. The highest BCUT2D eigenvalue weighted by Gasteiger charge is 2.10. The zero-order valence-electron chi connectivity index (χ0n) is 12.9. The second-order valence-corrected chi connectivity index (χ2v) is 6.06. The molecule has 0 saturated carbocycles. The minimum atomic E-state index is -0.523. The summed E-state index contributed by atoms with van der Waals surface area (Å²) in [5.41, 5.74) is 6.89. The van der Waals surface area contributed by atoms with E-state index in [4.69, 9.17) is 5.73 Å². The van der Waals surface area contributed by atoms with E-state index >= 15 is 0 Å². The van der Waals surface area contributed by atoms with Gasteiger partial charge in [0.15, 0.2) is 0 Å². The van der Waals surface area contributed by atoms with E-state index in [1.54, 1.807) is 12.1 Å². The maximum atomic E-state index is 12.1. The number of nitrogens with zero attached hydrogens (tertiary/aromatic N) is 4. The van der Waals surface area contributed by atoms with Crippen LogP contribution in [-0.4, -0.2) is 32.0 Å². The molecule has 0 saturated heterocycles. The van der Waals surface area contributed by atoms with Gasteiger partial charge in [-0.3, -0.25) is 9.59 Å². The topological polar surface area (TPSA) is 116 Å². The van der Waals surface area contributed by atoms with E-state index in [-0.39, 0.29) is 12.5 Å². The summed E-state index contributed by atoms with van der Waals surface area (Å²) >= 11 is 3.36. The van der Waals surface area contributed by atoms with Gasteiger partial charge in [0.2, 0.25) is 17.6 Å². The Hall–Kier alpha value is -3.07. The van der Waals surface area contributed by atoms with Gasteiger partial charge in [0.1, 0.15) is 6.54 Å². The fourth-order valence-electron chi connectivity index (χ4n) is 2.07. The number of hydrogen-bond acceptors (Lipinski definition) is 5. The van der Waals surface area contributed by atoms with Crippen molar-refractivity contribution in [3.63, 3.8) is 0 Å². The van der Waals surface area contributed by atoms with Gasteiger partial charge in [-0.2, -0.15) is 4.80 Å². The summed E-state index contributed by atoms with van der Waals surface area (Å²) in [6.07, 6.45) is 0. The molecule has 3 rings (SSSR count). The van der Waals surface area contributed by atoms with Crippen molar-refractivity contribution in [3.05, 3.63) is 58.6 Å². The molecule has 9 heteroatoms. The zero-order valence-corrected chi connectivity index (χ0v) is 14.5. The van der Waals surface area contributed by atoms with Crippen LogP contribution in [0.5, 0.6) is 0 Å². The number of benzene rings is 2. The Balaban J connectivity index is 1.63. The maximum absolute atomic E-state index is 12.1. The average molecular weight is 401 g/mol. The van der Waals surface area contributed by atoms with Gasteiger partial charge in [-0.25, -0.2) is 0 Å². The first-order valence-corrected chi connectivity index (χ1v) is 8.04. The number of aromatic nitrogens is 4. The molecule has 0 aliphatic rings. The van der Waals surface area contributed by atoms with E-state index in [0.29, 0.717) is 17.1 Å². The van der Waals surface area contributed by atoms with E-state index in [1.807, 2.05) is 24.3 Å². The van der Waals surface area contributed by atoms with Crippen molar-refractivity contribution < 1.29 is 9.59 Å². The first-order chi connectivity index (χ1) is 12.0.